The number of hydrogen-bond acceptors (Lipinski definition) is 3. The van der Waals surface area contributed by atoms with Gasteiger partial charge in [-0.25, -0.2) is 0 Å². The molecule has 4 rings (SSSR count). The molecule has 1 aromatic carbocycles. The smallest absolute Gasteiger partial charge is 0.265 e. The first-order valence-corrected chi connectivity index (χ1v) is 10.2. The maximum atomic E-state index is 12.7. The zero-order chi connectivity index (χ0) is 18.1. The fourth-order valence-corrected chi connectivity index (χ4v) is 4.95. The third kappa shape index (κ3) is 3.54. The lowest BCUT2D eigenvalue weighted by molar-refractivity contribution is 0.0792. The minimum atomic E-state index is -0.0807. The van der Waals surface area contributed by atoms with Crippen LogP contribution in [0.15, 0.2) is 30.3 Å². The third-order valence-corrected chi connectivity index (χ3v) is 6.55. The summed E-state index contributed by atoms with van der Waals surface area (Å²) in [6.45, 7) is 3.92. The molecule has 4 nitrogen and oxygen atoms in total. The summed E-state index contributed by atoms with van der Waals surface area (Å²) < 4.78 is 0. The molecule has 0 saturated carbocycles. The number of carbonyl (C=O) groups excluding carboxylic acids is 2. The second-order valence-corrected chi connectivity index (χ2v) is 8.58. The number of thiophene rings is 1. The standard InChI is InChI=1S/C21H24N2O2S/c1-14-7-8-18-16(11-14)13-19(26-18)20(24)22-17-6-4-5-15(12-17)21(25)23-9-2-3-10-23/h4-6,12-14H,2-3,7-11H2,1H3,(H,22,24). The Morgan fingerprint density at radius 1 is 1.19 bits per heavy atom. The van der Waals surface area contributed by atoms with Gasteiger partial charge in [0.1, 0.15) is 0 Å². The summed E-state index contributed by atoms with van der Waals surface area (Å²) in [4.78, 5) is 29.2. The van der Waals surface area contributed by atoms with E-state index in [-0.39, 0.29) is 11.8 Å². The summed E-state index contributed by atoms with van der Waals surface area (Å²) in [5.74, 6) is 0.670. The molecule has 2 amide bonds. The molecule has 0 bridgehead atoms. The number of amides is 2. The molecule has 136 valence electrons. The van der Waals surface area contributed by atoms with E-state index < -0.39 is 0 Å². The maximum Gasteiger partial charge on any atom is 0.265 e. The van der Waals surface area contributed by atoms with E-state index in [1.54, 1.807) is 17.4 Å². The summed E-state index contributed by atoms with van der Waals surface area (Å²) in [6, 6.07) is 9.33. The Morgan fingerprint density at radius 3 is 2.81 bits per heavy atom. The van der Waals surface area contributed by atoms with Gasteiger partial charge >= 0.3 is 0 Å². The molecule has 1 aliphatic carbocycles. The Morgan fingerprint density at radius 2 is 2.00 bits per heavy atom. The molecule has 1 atom stereocenters. The van der Waals surface area contributed by atoms with Gasteiger partial charge in [-0.15, -0.1) is 11.3 Å². The topological polar surface area (TPSA) is 49.4 Å². The van der Waals surface area contributed by atoms with E-state index >= 15 is 0 Å². The van der Waals surface area contributed by atoms with E-state index in [4.69, 9.17) is 0 Å². The Balaban J connectivity index is 1.48. The first-order valence-electron chi connectivity index (χ1n) is 9.42. The van der Waals surface area contributed by atoms with Crippen LogP contribution in [-0.2, 0) is 12.8 Å². The van der Waals surface area contributed by atoms with Gasteiger partial charge < -0.3 is 10.2 Å². The average molecular weight is 369 g/mol. The highest BCUT2D eigenvalue weighted by Crippen LogP contribution is 2.32. The number of likely N-dealkylation sites (tertiary alicyclic amines) is 1. The van der Waals surface area contributed by atoms with Crippen LogP contribution in [0.5, 0.6) is 0 Å². The average Bonchev–Trinajstić information content (AvgIpc) is 3.30. The molecular formula is C21H24N2O2S. The number of nitrogens with one attached hydrogen (secondary N) is 1. The minimum Gasteiger partial charge on any atom is -0.339 e. The number of hydrogen-bond donors (Lipinski definition) is 1. The van der Waals surface area contributed by atoms with Crippen LogP contribution in [-0.4, -0.2) is 29.8 Å². The first kappa shape index (κ1) is 17.3. The molecular weight excluding hydrogens is 344 g/mol. The van der Waals surface area contributed by atoms with E-state index in [2.05, 4.69) is 12.2 Å². The minimum absolute atomic E-state index is 0.0548. The van der Waals surface area contributed by atoms with Crippen LogP contribution in [0, 0.1) is 5.92 Å². The molecule has 2 heterocycles. The Labute approximate surface area is 158 Å². The number of carbonyl (C=O) groups is 2. The van der Waals surface area contributed by atoms with Crippen LogP contribution in [0.25, 0.3) is 0 Å². The van der Waals surface area contributed by atoms with E-state index in [0.29, 0.717) is 17.2 Å². The van der Waals surface area contributed by atoms with Crippen molar-refractivity contribution in [2.75, 3.05) is 18.4 Å². The van der Waals surface area contributed by atoms with Gasteiger partial charge in [-0.2, -0.15) is 0 Å². The lowest BCUT2D eigenvalue weighted by atomic mass is 9.90. The number of aryl methyl sites for hydroxylation is 1. The van der Waals surface area contributed by atoms with Crippen molar-refractivity contribution >= 4 is 28.8 Å². The normalized spacial score (nSPS) is 19.3. The van der Waals surface area contributed by atoms with Crippen LogP contribution >= 0.6 is 11.3 Å². The lowest BCUT2D eigenvalue weighted by Gasteiger charge is -2.16. The second-order valence-electron chi connectivity index (χ2n) is 7.44. The van der Waals surface area contributed by atoms with Gasteiger partial charge in [0.2, 0.25) is 0 Å². The molecule has 1 saturated heterocycles. The van der Waals surface area contributed by atoms with Gasteiger partial charge in [-0.05, 0) is 67.9 Å². The van der Waals surface area contributed by atoms with Gasteiger partial charge in [-0.3, -0.25) is 9.59 Å². The number of fused-ring (bicyclic) bond motifs is 1. The highest BCUT2D eigenvalue weighted by molar-refractivity contribution is 7.14. The summed E-state index contributed by atoms with van der Waals surface area (Å²) in [6.07, 6.45) is 5.50. The molecule has 1 aliphatic heterocycles. The summed E-state index contributed by atoms with van der Waals surface area (Å²) in [7, 11) is 0. The predicted molar refractivity (Wildman–Crippen MR) is 105 cm³/mol. The molecule has 26 heavy (non-hydrogen) atoms. The third-order valence-electron chi connectivity index (χ3n) is 5.31. The van der Waals surface area contributed by atoms with Crippen molar-refractivity contribution in [3.63, 3.8) is 0 Å². The van der Waals surface area contributed by atoms with Crippen molar-refractivity contribution in [1.29, 1.82) is 0 Å². The molecule has 1 unspecified atom stereocenters. The second kappa shape index (κ2) is 7.23. The Kier molecular flexibility index (Phi) is 4.81. The van der Waals surface area contributed by atoms with Gasteiger partial charge in [0, 0.05) is 29.2 Å². The van der Waals surface area contributed by atoms with Gasteiger partial charge in [-0.1, -0.05) is 13.0 Å². The molecule has 0 radical (unpaired) electrons. The van der Waals surface area contributed by atoms with E-state index in [1.807, 2.05) is 29.2 Å². The quantitative estimate of drug-likeness (QED) is 0.875. The number of anilines is 1. The highest BCUT2D eigenvalue weighted by atomic mass is 32.1. The molecule has 1 N–H and O–H groups in total. The van der Waals surface area contributed by atoms with Crippen LogP contribution in [0.1, 0.15) is 56.7 Å². The van der Waals surface area contributed by atoms with Crippen molar-refractivity contribution < 1.29 is 9.59 Å². The van der Waals surface area contributed by atoms with Crippen LogP contribution in [0.3, 0.4) is 0 Å². The molecule has 0 spiro atoms. The Bertz CT molecular complexity index is 836. The fraction of sp³-hybridized carbons (Fsp3) is 0.429. The SMILES string of the molecule is CC1CCc2sc(C(=O)Nc3cccc(C(=O)N4CCCC4)c3)cc2C1. The first-order chi connectivity index (χ1) is 12.6. The lowest BCUT2D eigenvalue weighted by Crippen LogP contribution is -2.27. The number of rotatable bonds is 3. The molecule has 1 fully saturated rings. The Hall–Kier alpha value is -2.14. The number of nitrogens with zero attached hydrogens (tertiary/aromatic N) is 1. The summed E-state index contributed by atoms with van der Waals surface area (Å²) in [5.41, 5.74) is 2.65. The molecule has 2 aromatic rings. The zero-order valence-electron chi connectivity index (χ0n) is 15.1. The molecule has 1 aromatic heterocycles. The zero-order valence-corrected chi connectivity index (χ0v) is 15.9. The largest absolute Gasteiger partial charge is 0.339 e. The fourth-order valence-electron chi connectivity index (χ4n) is 3.84. The van der Waals surface area contributed by atoms with Crippen LogP contribution in [0.4, 0.5) is 5.69 Å². The van der Waals surface area contributed by atoms with Gasteiger partial charge in [0.25, 0.3) is 11.8 Å². The summed E-state index contributed by atoms with van der Waals surface area (Å²) in [5, 5.41) is 2.97. The van der Waals surface area contributed by atoms with Crippen molar-refractivity contribution in [3.05, 3.63) is 51.2 Å². The van der Waals surface area contributed by atoms with E-state index in [9.17, 15) is 9.59 Å². The van der Waals surface area contributed by atoms with Crippen molar-refractivity contribution in [1.82, 2.24) is 4.90 Å². The van der Waals surface area contributed by atoms with Crippen LogP contribution < -0.4 is 5.32 Å². The van der Waals surface area contributed by atoms with Crippen molar-refractivity contribution in [3.8, 4) is 0 Å². The van der Waals surface area contributed by atoms with Crippen LogP contribution in [0.2, 0.25) is 0 Å². The maximum absolute atomic E-state index is 12.7. The summed E-state index contributed by atoms with van der Waals surface area (Å²) >= 11 is 1.61. The molecule has 2 aliphatic rings. The number of benzene rings is 1. The van der Waals surface area contributed by atoms with E-state index in [0.717, 1.165) is 43.6 Å². The monoisotopic (exact) mass is 368 g/mol. The van der Waals surface area contributed by atoms with E-state index in [1.165, 1.54) is 16.9 Å². The van der Waals surface area contributed by atoms with Crippen molar-refractivity contribution in [2.45, 2.75) is 39.0 Å². The predicted octanol–water partition coefficient (Wildman–Crippen LogP) is 4.36. The highest BCUT2D eigenvalue weighted by Gasteiger charge is 2.22. The van der Waals surface area contributed by atoms with Crippen molar-refractivity contribution in [2.24, 2.45) is 5.92 Å². The van der Waals surface area contributed by atoms with Gasteiger partial charge in [0.05, 0.1) is 4.88 Å². The van der Waals surface area contributed by atoms with Gasteiger partial charge in [0.15, 0.2) is 0 Å². The molecule has 5 heteroatoms.